The summed E-state index contributed by atoms with van der Waals surface area (Å²) in [7, 11) is -4.49. The van der Waals surface area contributed by atoms with Crippen LogP contribution in [0.15, 0.2) is 88.4 Å². The van der Waals surface area contributed by atoms with Gasteiger partial charge in [0.1, 0.15) is 21.4 Å². The Bertz CT molecular complexity index is 2420. The molecule has 1 N–H and O–H groups in total. The molecule has 0 spiro atoms. The highest BCUT2D eigenvalue weighted by atomic mass is 35.5. The molecule has 2 aliphatic heterocycles. The highest BCUT2D eigenvalue weighted by molar-refractivity contribution is 7.90. The molecule has 304 valence electrons. The molecule has 1 saturated heterocycles. The lowest BCUT2D eigenvalue weighted by Crippen LogP contribution is -2.47. The predicted octanol–water partition coefficient (Wildman–Crippen LogP) is 9.05. The van der Waals surface area contributed by atoms with E-state index in [0.717, 1.165) is 86.1 Å². The second-order valence-electron chi connectivity index (χ2n) is 16.1. The van der Waals surface area contributed by atoms with Crippen molar-refractivity contribution in [1.82, 2.24) is 14.6 Å². The number of amides is 1. The van der Waals surface area contributed by atoms with Crippen LogP contribution in [0, 0.1) is 11.3 Å². The van der Waals surface area contributed by atoms with E-state index < -0.39 is 32.7 Å². The molecule has 4 aromatic rings. The summed E-state index contributed by atoms with van der Waals surface area (Å²) < 4.78 is 67.3. The van der Waals surface area contributed by atoms with Crippen molar-refractivity contribution in [2.24, 2.45) is 16.3 Å². The summed E-state index contributed by atoms with van der Waals surface area (Å²) in [5, 5.41) is 0.528. The number of aliphatic imine (C=N–C) groups is 1. The average Bonchev–Trinajstić information content (AvgIpc) is 3.52. The number of fused-ring (bicyclic) bond motifs is 1. The molecule has 1 amide bonds. The number of hydrogen-bond donors (Lipinski definition) is 1. The maximum Gasteiger partial charge on any atom is 0.268 e. The van der Waals surface area contributed by atoms with Gasteiger partial charge in [0.2, 0.25) is 5.88 Å². The van der Waals surface area contributed by atoms with Crippen LogP contribution in [-0.4, -0.2) is 75.7 Å². The van der Waals surface area contributed by atoms with Crippen molar-refractivity contribution in [2.45, 2.75) is 56.9 Å². The van der Waals surface area contributed by atoms with Gasteiger partial charge in [0.25, 0.3) is 21.9 Å². The maximum absolute atomic E-state index is 13.8. The Kier molecular flexibility index (Phi) is 11.0. The number of nitrogens with one attached hydrogen (secondary N) is 1. The summed E-state index contributed by atoms with van der Waals surface area (Å²) in [6.07, 6.45) is 5.59. The van der Waals surface area contributed by atoms with Gasteiger partial charge in [-0.1, -0.05) is 66.9 Å². The molecule has 0 radical (unpaired) electrons. The van der Waals surface area contributed by atoms with Crippen molar-refractivity contribution in [3.05, 3.63) is 111 Å². The molecule has 1 aromatic heterocycles. The van der Waals surface area contributed by atoms with E-state index in [4.69, 9.17) is 32.7 Å². The number of sulfonamides is 1. The largest absolute Gasteiger partial charge is 0.476 e. The van der Waals surface area contributed by atoms with E-state index in [1.165, 1.54) is 16.7 Å². The van der Waals surface area contributed by atoms with Crippen LogP contribution in [0.25, 0.3) is 5.57 Å². The van der Waals surface area contributed by atoms with E-state index in [1.807, 2.05) is 24.3 Å². The van der Waals surface area contributed by atoms with E-state index in [-0.39, 0.29) is 40.7 Å². The van der Waals surface area contributed by atoms with Crippen LogP contribution >= 0.6 is 23.2 Å². The molecule has 1 atom stereocenters. The van der Waals surface area contributed by atoms with E-state index in [2.05, 4.69) is 50.5 Å². The fourth-order valence-electron chi connectivity index (χ4n) is 7.72. The quantitative estimate of drug-likeness (QED) is 0.150. The smallest absolute Gasteiger partial charge is 0.268 e. The number of nitrogens with zero attached hydrogens (tertiary/aromatic N) is 4. The first-order chi connectivity index (χ1) is 27.6. The number of rotatable bonds is 12. The van der Waals surface area contributed by atoms with E-state index in [1.54, 1.807) is 30.5 Å². The van der Waals surface area contributed by atoms with Gasteiger partial charge in [-0.15, -0.1) is 0 Å². The van der Waals surface area contributed by atoms with Crippen LogP contribution in [0.5, 0.6) is 17.4 Å². The van der Waals surface area contributed by atoms with E-state index in [9.17, 15) is 22.0 Å². The minimum Gasteiger partial charge on any atom is -0.476 e. The van der Waals surface area contributed by atoms with Crippen LogP contribution in [0.4, 0.5) is 14.5 Å². The summed E-state index contributed by atoms with van der Waals surface area (Å²) >= 11 is 12.5. The van der Waals surface area contributed by atoms with Gasteiger partial charge in [-0.3, -0.25) is 14.7 Å². The van der Waals surface area contributed by atoms with E-state index in [0.29, 0.717) is 12.3 Å². The van der Waals surface area contributed by atoms with Gasteiger partial charge in [-0.2, -0.15) is 0 Å². The lowest BCUT2D eigenvalue weighted by Gasteiger charge is -2.39. The first-order valence-electron chi connectivity index (χ1n) is 19.3. The number of carbonyl (C=O) groups excluding carboxylic acids is 1. The number of pyridine rings is 1. The third-order valence-electron chi connectivity index (χ3n) is 11.3. The third-order valence-corrected chi connectivity index (χ3v) is 13.1. The molecule has 1 unspecified atom stereocenters. The van der Waals surface area contributed by atoms with Crippen molar-refractivity contribution in [2.75, 3.05) is 44.2 Å². The standard InChI is InChI=1S/C43H43Cl2F2N5O5S/c1-42(2)13-12-29(35(21-42)27-6-8-31(44)9-7-27)25-51-14-16-52(17-15-51)32-10-11-34(39(18-32)57-38-5-3-4-28-22-48-24-36(28)38)40(53)50-58(54,55)33-19-37(45)41(49-23-33)56-26-30-20-43(30,46)47/h3-11,18-19,23-24,30H,12-17,20-22,25-26H2,1-2H3,(H,50,53). The van der Waals surface area contributed by atoms with Gasteiger partial charge in [-0.25, -0.2) is 26.9 Å². The molecular formula is C43H43Cl2F2N5O5S. The lowest BCUT2D eigenvalue weighted by atomic mass is 9.72. The fourth-order valence-corrected chi connectivity index (χ4v) is 9.07. The zero-order chi connectivity index (χ0) is 40.8. The van der Waals surface area contributed by atoms with Gasteiger partial charge in [0, 0.05) is 67.7 Å². The zero-order valence-electron chi connectivity index (χ0n) is 32.1. The topological polar surface area (TPSA) is 113 Å². The second kappa shape index (κ2) is 15.9. The highest BCUT2D eigenvalue weighted by Crippen LogP contribution is 2.49. The van der Waals surface area contributed by atoms with Crippen molar-refractivity contribution in [1.29, 1.82) is 0 Å². The zero-order valence-corrected chi connectivity index (χ0v) is 34.4. The normalized spacial score (nSPS) is 19.8. The molecule has 1 saturated carbocycles. The van der Waals surface area contributed by atoms with Crippen LogP contribution in [-0.2, 0) is 16.6 Å². The summed E-state index contributed by atoms with van der Waals surface area (Å²) in [5.74, 6) is -4.21. The number of hydrogen-bond acceptors (Lipinski definition) is 9. The van der Waals surface area contributed by atoms with Crippen LogP contribution in [0.1, 0.15) is 66.6 Å². The summed E-state index contributed by atoms with van der Waals surface area (Å²) in [4.78, 5) is 26.4. The number of ether oxygens (including phenoxy) is 2. The van der Waals surface area contributed by atoms with Gasteiger partial charge >= 0.3 is 0 Å². The summed E-state index contributed by atoms with van der Waals surface area (Å²) in [5.41, 5.74) is 6.91. The summed E-state index contributed by atoms with van der Waals surface area (Å²) in [6, 6.07) is 19.9. The maximum atomic E-state index is 13.8. The Morgan fingerprint density at radius 1 is 1.00 bits per heavy atom. The monoisotopic (exact) mass is 849 g/mol. The molecule has 2 fully saturated rings. The molecule has 15 heteroatoms. The first kappa shape index (κ1) is 40.2. The summed E-state index contributed by atoms with van der Waals surface area (Å²) in [6.45, 7) is 8.87. The molecule has 4 aliphatic rings. The van der Waals surface area contributed by atoms with Gasteiger partial charge in [0.15, 0.2) is 0 Å². The number of aromatic nitrogens is 1. The lowest BCUT2D eigenvalue weighted by molar-refractivity contribution is 0.0849. The van der Waals surface area contributed by atoms with E-state index >= 15 is 0 Å². The molecule has 10 nitrogen and oxygen atoms in total. The number of piperazine rings is 1. The Morgan fingerprint density at radius 2 is 1.76 bits per heavy atom. The number of anilines is 1. The molecule has 3 aromatic carbocycles. The van der Waals surface area contributed by atoms with Gasteiger partial charge < -0.3 is 14.4 Å². The minimum absolute atomic E-state index is 0.00948. The Hall–Kier alpha value is -4.56. The Labute approximate surface area is 346 Å². The number of benzene rings is 3. The molecule has 0 bridgehead atoms. The van der Waals surface area contributed by atoms with Crippen LogP contribution in [0.3, 0.4) is 0 Å². The van der Waals surface area contributed by atoms with Gasteiger partial charge in [-0.05, 0) is 77.8 Å². The van der Waals surface area contributed by atoms with Gasteiger partial charge in [0.05, 0.1) is 30.8 Å². The average molecular weight is 851 g/mol. The number of alkyl halides is 2. The number of carbonyl (C=O) groups is 1. The predicted molar refractivity (Wildman–Crippen MR) is 221 cm³/mol. The van der Waals surface area contributed by atoms with Crippen LogP contribution < -0.4 is 19.1 Å². The molecule has 3 heterocycles. The SMILES string of the molecule is CC1(C)CCC(CN2CCN(c3ccc(C(=O)NS(=O)(=O)c4cnc(OCC5CC5(F)F)c(Cl)c4)c(Oc4cccc5c4C=NC5)c3)CC2)=C(c2ccc(Cl)cc2)C1. The highest BCUT2D eigenvalue weighted by Gasteiger charge is 2.57. The molecular weight excluding hydrogens is 807 g/mol. The second-order valence-corrected chi connectivity index (χ2v) is 18.7. The molecule has 8 rings (SSSR count). The van der Waals surface area contributed by atoms with Crippen LogP contribution in [0.2, 0.25) is 10.0 Å². The Balaban J connectivity index is 0.997. The first-order valence-corrected chi connectivity index (χ1v) is 21.5. The van der Waals surface area contributed by atoms with Crippen molar-refractivity contribution < 1.29 is 31.5 Å². The minimum atomic E-state index is -4.49. The molecule has 58 heavy (non-hydrogen) atoms. The Morgan fingerprint density at radius 3 is 2.48 bits per heavy atom. The fraction of sp³-hybridized carbons (Fsp3) is 0.372. The van der Waals surface area contributed by atoms with Crippen molar-refractivity contribution in [3.8, 4) is 17.4 Å². The van der Waals surface area contributed by atoms with Crippen molar-refractivity contribution in [3.63, 3.8) is 0 Å². The van der Waals surface area contributed by atoms with Crippen molar-refractivity contribution >= 4 is 56.6 Å². The number of allylic oxidation sites excluding steroid dienone is 1. The third kappa shape index (κ3) is 8.87. The molecule has 2 aliphatic carbocycles. The number of halogens is 4.